The first-order valence-electron chi connectivity index (χ1n) is 6.63. The van der Waals surface area contributed by atoms with E-state index in [0.717, 1.165) is 25.9 Å². The second-order valence-electron chi connectivity index (χ2n) is 5.59. The molecule has 0 aliphatic carbocycles. The van der Waals surface area contributed by atoms with Crippen LogP contribution < -0.4 is 0 Å². The SMILES string of the molecule is CC(C)(C(=O)Cc1cc(F)ccc1Cl)N1CCCC1. The summed E-state index contributed by atoms with van der Waals surface area (Å²) in [5, 5.41) is 0.451. The summed E-state index contributed by atoms with van der Waals surface area (Å²) >= 11 is 6.02. The van der Waals surface area contributed by atoms with Crippen molar-refractivity contribution >= 4 is 17.4 Å². The van der Waals surface area contributed by atoms with Gasteiger partial charge in [0.1, 0.15) is 5.82 Å². The van der Waals surface area contributed by atoms with Gasteiger partial charge in [0.2, 0.25) is 0 Å². The number of carbonyl (C=O) groups is 1. The van der Waals surface area contributed by atoms with Crippen LogP contribution in [0.2, 0.25) is 5.02 Å². The maximum absolute atomic E-state index is 13.2. The monoisotopic (exact) mass is 283 g/mol. The van der Waals surface area contributed by atoms with E-state index in [0.29, 0.717) is 10.6 Å². The van der Waals surface area contributed by atoms with Crippen molar-refractivity contribution in [3.63, 3.8) is 0 Å². The van der Waals surface area contributed by atoms with E-state index in [-0.39, 0.29) is 18.0 Å². The molecule has 0 atom stereocenters. The molecule has 0 amide bonds. The topological polar surface area (TPSA) is 20.3 Å². The molecule has 1 aliphatic rings. The molecule has 0 radical (unpaired) electrons. The lowest BCUT2D eigenvalue weighted by molar-refractivity contribution is -0.128. The summed E-state index contributed by atoms with van der Waals surface area (Å²) < 4.78 is 13.2. The molecule has 1 aromatic rings. The van der Waals surface area contributed by atoms with Gasteiger partial charge in [0.05, 0.1) is 5.54 Å². The number of ketones is 1. The second kappa shape index (κ2) is 5.59. The zero-order valence-electron chi connectivity index (χ0n) is 11.4. The van der Waals surface area contributed by atoms with Gasteiger partial charge in [-0.1, -0.05) is 11.6 Å². The Morgan fingerprint density at radius 3 is 2.63 bits per heavy atom. The summed E-state index contributed by atoms with van der Waals surface area (Å²) in [6, 6.07) is 4.16. The normalized spacial score (nSPS) is 16.8. The van der Waals surface area contributed by atoms with Crippen LogP contribution >= 0.6 is 11.6 Å². The number of likely N-dealkylation sites (tertiary alicyclic amines) is 1. The standard InChI is InChI=1S/C15H19ClFNO/c1-15(2,18-7-3-4-8-18)14(19)10-11-9-12(17)5-6-13(11)16/h5-6,9H,3-4,7-8,10H2,1-2H3. The summed E-state index contributed by atoms with van der Waals surface area (Å²) in [7, 11) is 0. The highest BCUT2D eigenvalue weighted by molar-refractivity contribution is 6.31. The highest BCUT2D eigenvalue weighted by Crippen LogP contribution is 2.25. The number of hydrogen-bond acceptors (Lipinski definition) is 2. The summed E-state index contributed by atoms with van der Waals surface area (Å²) in [6.45, 7) is 5.78. The van der Waals surface area contributed by atoms with E-state index in [1.54, 1.807) is 0 Å². The minimum absolute atomic E-state index is 0.0851. The fourth-order valence-corrected chi connectivity index (χ4v) is 2.70. The van der Waals surface area contributed by atoms with E-state index in [9.17, 15) is 9.18 Å². The molecular weight excluding hydrogens is 265 g/mol. The number of halogens is 2. The van der Waals surface area contributed by atoms with Crippen molar-refractivity contribution in [1.82, 2.24) is 4.90 Å². The van der Waals surface area contributed by atoms with E-state index >= 15 is 0 Å². The van der Waals surface area contributed by atoms with Crippen LogP contribution in [0.4, 0.5) is 4.39 Å². The third-order valence-electron chi connectivity index (χ3n) is 3.94. The molecule has 104 valence electrons. The smallest absolute Gasteiger partial charge is 0.156 e. The second-order valence-corrected chi connectivity index (χ2v) is 6.00. The van der Waals surface area contributed by atoms with Crippen molar-refractivity contribution in [3.05, 3.63) is 34.6 Å². The molecule has 0 N–H and O–H groups in total. The lowest BCUT2D eigenvalue weighted by atomic mass is 9.92. The number of benzene rings is 1. The van der Waals surface area contributed by atoms with Crippen molar-refractivity contribution in [1.29, 1.82) is 0 Å². The molecule has 0 spiro atoms. The van der Waals surface area contributed by atoms with E-state index in [1.807, 2.05) is 13.8 Å². The number of Topliss-reactive ketones (excluding diaryl/α,β-unsaturated/α-hetero) is 1. The Bertz CT molecular complexity index is 481. The average Bonchev–Trinajstić information content (AvgIpc) is 2.88. The zero-order valence-corrected chi connectivity index (χ0v) is 12.1. The fourth-order valence-electron chi connectivity index (χ4n) is 2.52. The first-order chi connectivity index (χ1) is 8.91. The van der Waals surface area contributed by atoms with E-state index in [1.165, 1.54) is 18.2 Å². The van der Waals surface area contributed by atoms with Crippen LogP contribution in [0.5, 0.6) is 0 Å². The Morgan fingerprint density at radius 2 is 2.00 bits per heavy atom. The van der Waals surface area contributed by atoms with E-state index < -0.39 is 5.54 Å². The number of hydrogen-bond donors (Lipinski definition) is 0. The maximum atomic E-state index is 13.2. The first-order valence-corrected chi connectivity index (χ1v) is 7.01. The molecule has 1 aliphatic heterocycles. The van der Waals surface area contributed by atoms with E-state index in [2.05, 4.69) is 4.90 Å². The minimum atomic E-state index is -0.508. The van der Waals surface area contributed by atoms with Crippen LogP contribution in [0.1, 0.15) is 32.3 Å². The predicted molar refractivity (Wildman–Crippen MR) is 75.0 cm³/mol. The Balaban J connectivity index is 2.13. The molecule has 0 bridgehead atoms. The van der Waals surface area contributed by atoms with Gasteiger partial charge in [0.15, 0.2) is 5.78 Å². The molecule has 19 heavy (non-hydrogen) atoms. The van der Waals surface area contributed by atoms with Crippen LogP contribution in [0, 0.1) is 5.82 Å². The van der Waals surface area contributed by atoms with Gasteiger partial charge in [-0.05, 0) is 63.5 Å². The van der Waals surface area contributed by atoms with E-state index in [4.69, 9.17) is 11.6 Å². The van der Waals surface area contributed by atoms with Gasteiger partial charge in [-0.15, -0.1) is 0 Å². The van der Waals surface area contributed by atoms with Crippen molar-refractivity contribution in [2.45, 2.75) is 38.6 Å². The van der Waals surface area contributed by atoms with Gasteiger partial charge in [0, 0.05) is 11.4 Å². The molecular formula is C15H19ClFNO. The lowest BCUT2D eigenvalue weighted by Crippen LogP contribution is -2.49. The lowest BCUT2D eigenvalue weighted by Gasteiger charge is -2.34. The Kier molecular flexibility index (Phi) is 4.26. The number of rotatable bonds is 4. The number of carbonyl (C=O) groups excluding carboxylic acids is 1. The molecule has 0 aromatic heterocycles. The third-order valence-corrected chi connectivity index (χ3v) is 4.31. The predicted octanol–water partition coefficient (Wildman–Crippen LogP) is 3.47. The summed E-state index contributed by atoms with van der Waals surface area (Å²) in [5.74, 6) is -0.270. The highest BCUT2D eigenvalue weighted by atomic mass is 35.5. The minimum Gasteiger partial charge on any atom is -0.297 e. The summed E-state index contributed by atoms with van der Waals surface area (Å²) in [6.07, 6.45) is 2.45. The molecule has 0 unspecified atom stereocenters. The van der Waals surface area contributed by atoms with Crippen LogP contribution in [-0.4, -0.2) is 29.3 Å². The fraction of sp³-hybridized carbons (Fsp3) is 0.533. The first kappa shape index (κ1) is 14.5. The molecule has 0 saturated carbocycles. The quantitative estimate of drug-likeness (QED) is 0.843. The molecule has 2 rings (SSSR count). The van der Waals surface area contributed by atoms with Crippen LogP contribution in [0.15, 0.2) is 18.2 Å². The zero-order chi connectivity index (χ0) is 14.0. The molecule has 1 fully saturated rings. The molecule has 4 heteroatoms. The van der Waals surface area contributed by atoms with Gasteiger partial charge in [-0.2, -0.15) is 0 Å². The third kappa shape index (κ3) is 3.15. The average molecular weight is 284 g/mol. The maximum Gasteiger partial charge on any atom is 0.156 e. The molecule has 2 nitrogen and oxygen atoms in total. The van der Waals surface area contributed by atoms with Crippen molar-refractivity contribution in [2.75, 3.05) is 13.1 Å². The van der Waals surface area contributed by atoms with Crippen molar-refractivity contribution in [2.24, 2.45) is 0 Å². The van der Waals surface area contributed by atoms with Gasteiger partial charge < -0.3 is 0 Å². The molecule has 1 aromatic carbocycles. The van der Waals surface area contributed by atoms with Gasteiger partial charge in [-0.25, -0.2) is 4.39 Å². The largest absolute Gasteiger partial charge is 0.297 e. The van der Waals surface area contributed by atoms with Crippen molar-refractivity contribution < 1.29 is 9.18 Å². The van der Waals surface area contributed by atoms with Gasteiger partial charge in [0.25, 0.3) is 0 Å². The van der Waals surface area contributed by atoms with Gasteiger partial charge in [-0.3, -0.25) is 9.69 Å². The van der Waals surface area contributed by atoms with Crippen LogP contribution in [0.3, 0.4) is 0 Å². The summed E-state index contributed by atoms with van der Waals surface area (Å²) in [5.41, 5.74) is 0.0607. The highest BCUT2D eigenvalue weighted by Gasteiger charge is 2.35. The molecule has 1 heterocycles. The number of nitrogens with zero attached hydrogens (tertiary/aromatic N) is 1. The van der Waals surface area contributed by atoms with Crippen LogP contribution in [0.25, 0.3) is 0 Å². The summed E-state index contributed by atoms with van der Waals surface area (Å²) in [4.78, 5) is 14.7. The Morgan fingerprint density at radius 1 is 1.37 bits per heavy atom. The molecule has 1 saturated heterocycles. The van der Waals surface area contributed by atoms with Crippen LogP contribution in [-0.2, 0) is 11.2 Å². The Hall–Kier alpha value is -0.930. The van der Waals surface area contributed by atoms with Gasteiger partial charge >= 0.3 is 0 Å². The van der Waals surface area contributed by atoms with Crippen molar-refractivity contribution in [3.8, 4) is 0 Å². The Labute approximate surface area is 118 Å².